The predicted molar refractivity (Wildman–Crippen MR) is 85.1 cm³/mol. The number of aryl methyl sites for hydroxylation is 1. The van der Waals surface area contributed by atoms with E-state index in [9.17, 15) is 0 Å². The van der Waals surface area contributed by atoms with Gasteiger partial charge in [0.05, 0.1) is 5.41 Å². The quantitative estimate of drug-likeness (QED) is 0.934. The highest BCUT2D eigenvalue weighted by Crippen LogP contribution is 2.45. The van der Waals surface area contributed by atoms with Crippen LogP contribution in [0.1, 0.15) is 61.3 Å². The second kappa shape index (κ2) is 5.57. The van der Waals surface area contributed by atoms with Crippen LogP contribution in [0, 0.1) is 6.92 Å². The maximum Gasteiger partial charge on any atom is 0.139 e. The van der Waals surface area contributed by atoms with E-state index in [1.807, 2.05) is 20.0 Å². The lowest BCUT2D eigenvalue weighted by molar-refractivity contribution is 0.495. The van der Waals surface area contributed by atoms with Crippen molar-refractivity contribution in [3.63, 3.8) is 0 Å². The molecule has 1 fully saturated rings. The van der Waals surface area contributed by atoms with Crippen LogP contribution in [0.25, 0.3) is 0 Å². The van der Waals surface area contributed by atoms with E-state index in [0.717, 1.165) is 29.9 Å². The number of nitrogens with two attached hydrogens (primary N) is 1. The molecule has 110 valence electrons. The van der Waals surface area contributed by atoms with Gasteiger partial charge in [-0.25, -0.2) is 9.97 Å². The summed E-state index contributed by atoms with van der Waals surface area (Å²) in [4.78, 5) is 9.53. The molecule has 0 aliphatic heterocycles. The Morgan fingerprint density at radius 1 is 1.14 bits per heavy atom. The second-order valence-corrected chi connectivity index (χ2v) is 6.18. The Morgan fingerprint density at radius 3 is 2.38 bits per heavy atom. The van der Waals surface area contributed by atoms with E-state index in [0.29, 0.717) is 0 Å². The van der Waals surface area contributed by atoms with Gasteiger partial charge in [0.25, 0.3) is 0 Å². The Hall–Kier alpha value is -1.74. The molecule has 0 radical (unpaired) electrons. The lowest BCUT2D eigenvalue weighted by Crippen LogP contribution is -2.27. The number of hydrogen-bond donors (Lipinski definition) is 1. The molecule has 21 heavy (non-hydrogen) atoms. The van der Waals surface area contributed by atoms with Gasteiger partial charge >= 0.3 is 0 Å². The fraction of sp³-hybridized carbons (Fsp3) is 0.444. The van der Waals surface area contributed by atoms with Crippen LogP contribution in [-0.2, 0) is 5.41 Å². The average Bonchev–Trinajstić information content (AvgIpc) is 2.98. The normalized spacial score (nSPS) is 18.6. The van der Waals surface area contributed by atoms with E-state index >= 15 is 0 Å². The minimum absolute atomic E-state index is 0.0115. The van der Waals surface area contributed by atoms with Gasteiger partial charge < -0.3 is 5.73 Å². The van der Waals surface area contributed by atoms with Crippen LogP contribution in [0.5, 0.6) is 0 Å². The molecule has 1 aromatic carbocycles. The largest absolute Gasteiger partial charge is 0.324 e. The molecular weight excluding hydrogens is 258 g/mol. The van der Waals surface area contributed by atoms with Crippen molar-refractivity contribution < 1.29 is 0 Å². The Balaban J connectivity index is 2.09. The molecule has 1 atom stereocenters. The van der Waals surface area contributed by atoms with E-state index in [1.165, 1.54) is 18.4 Å². The molecule has 1 saturated carbocycles. The fourth-order valence-corrected chi connectivity index (χ4v) is 3.53. The van der Waals surface area contributed by atoms with Crippen LogP contribution in [0.15, 0.2) is 36.5 Å². The van der Waals surface area contributed by atoms with Gasteiger partial charge in [-0.05, 0) is 32.3 Å². The third kappa shape index (κ3) is 2.46. The summed E-state index contributed by atoms with van der Waals surface area (Å²) in [6.07, 6.45) is 6.67. The Kier molecular flexibility index (Phi) is 3.77. The molecular formula is C18H23N3. The molecule has 3 heteroatoms. The maximum absolute atomic E-state index is 5.98. The number of hydrogen-bond acceptors (Lipinski definition) is 3. The van der Waals surface area contributed by atoms with Gasteiger partial charge in [-0.2, -0.15) is 0 Å². The highest BCUT2D eigenvalue weighted by molar-refractivity contribution is 5.35. The number of nitrogens with zero attached hydrogens (tertiary/aromatic N) is 2. The van der Waals surface area contributed by atoms with Gasteiger partial charge in [0, 0.05) is 23.5 Å². The summed E-state index contributed by atoms with van der Waals surface area (Å²) in [6.45, 7) is 4.02. The zero-order valence-corrected chi connectivity index (χ0v) is 12.8. The fourth-order valence-electron chi connectivity index (χ4n) is 3.53. The van der Waals surface area contributed by atoms with Crippen molar-refractivity contribution in [1.82, 2.24) is 9.97 Å². The van der Waals surface area contributed by atoms with Crippen molar-refractivity contribution in [2.24, 2.45) is 5.73 Å². The van der Waals surface area contributed by atoms with Crippen LogP contribution in [0.3, 0.4) is 0 Å². The van der Waals surface area contributed by atoms with Crippen LogP contribution >= 0.6 is 0 Å². The molecule has 1 aliphatic rings. The standard InChI is InChI=1S/C18H23N3/c1-13(19)16-12-20-17(21-14(16)2)18(10-6-7-11-18)15-8-4-3-5-9-15/h3-5,8-9,12-13H,6-7,10-11,19H2,1-2H3/t13-/m0/s1. The first-order chi connectivity index (χ1) is 10.1. The maximum atomic E-state index is 5.98. The Bertz CT molecular complexity index is 614. The van der Waals surface area contributed by atoms with Gasteiger partial charge in [-0.1, -0.05) is 43.2 Å². The van der Waals surface area contributed by atoms with Crippen molar-refractivity contribution in [1.29, 1.82) is 0 Å². The number of benzene rings is 1. The summed E-state index contributed by atoms with van der Waals surface area (Å²) in [5.74, 6) is 0.966. The highest BCUT2D eigenvalue weighted by Gasteiger charge is 2.40. The zero-order chi connectivity index (χ0) is 14.9. The molecule has 3 nitrogen and oxygen atoms in total. The molecule has 0 bridgehead atoms. The van der Waals surface area contributed by atoms with Gasteiger partial charge in [0.1, 0.15) is 5.82 Å². The molecule has 1 aromatic heterocycles. The first-order valence-electron chi connectivity index (χ1n) is 7.78. The number of rotatable bonds is 3. The van der Waals surface area contributed by atoms with Crippen LogP contribution < -0.4 is 5.73 Å². The first kappa shape index (κ1) is 14.2. The van der Waals surface area contributed by atoms with Crippen molar-refractivity contribution in [2.75, 3.05) is 0 Å². The van der Waals surface area contributed by atoms with Crippen molar-refractivity contribution in [3.8, 4) is 0 Å². The van der Waals surface area contributed by atoms with Crippen LogP contribution in [-0.4, -0.2) is 9.97 Å². The molecule has 0 unspecified atom stereocenters. The highest BCUT2D eigenvalue weighted by atomic mass is 14.9. The molecule has 1 heterocycles. The van der Waals surface area contributed by atoms with Crippen LogP contribution in [0.2, 0.25) is 0 Å². The lowest BCUT2D eigenvalue weighted by atomic mass is 9.78. The summed E-state index contributed by atoms with van der Waals surface area (Å²) in [6, 6.07) is 10.7. The summed E-state index contributed by atoms with van der Waals surface area (Å²) in [5.41, 5.74) is 9.37. The topological polar surface area (TPSA) is 51.8 Å². The van der Waals surface area contributed by atoms with E-state index in [1.54, 1.807) is 0 Å². The summed E-state index contributed by atoms with van der Waals surface area (Å²) in [5, 5.41) is 0. The summed E-state index contributed by atoms with van der Waals surface area (Å²) < 4.78 is 0. The third-order valence-electron chi connectivity index (χ3n) is 4.72. The monoisotopic (exact) mass is 281 g/mol. The van der Waals surface area contributed by atoms with Gasteiger partial charge in [0.2, 0.25) is 0 Å². The van der Waals surface area contributed by atoms with Gasteiger partial charge in [0.15, 0.2) is 0 Å². The molecule has 2 aromatic rings. The van der Waals surface area contributed by atoms with E-state index in [2.05, 4.69) is 30.3 Å². The van der Waals surface area contributed by atoms with Crippen molar-refractivity contribution >= 4 is 0 Å². The summed E-state index contributed by atoms with van der Waals surface area (Å²) >= 11 is 0. The Labute approximate surface area is 126 Å². The van der Waals surface area contributed by atoms with E-state index in [-0.39, 0.29) is 11.5 Å². The Morgan fingerprint density at radius 2 is 1.81 bits per heavy atom. The molecule has 2 N–H and O–H groups in total. The second-order valence-electron chi connectivity index (χ2n) is 6.18. The first-order valence-corrected chi connectivity index (χ1v) is 7.78. The SMILES string of the molecule is Cc1nc(C2(c3ccccc3)CCCC2)ncc1[C@H](C)N. The molecule has 0 saturated heterocycles. The molecule has 1 aliphatic carbocycles. The van der Waals surface area contributed by atoms with E-state index in [4.69, 9.17) is 15.7 Å². The van der Waals surface area contributed by atoms with Crippen LogP contribution in [0.4, 0.5) is 0 Å². The minimum Gasteiger partial charge on any atom is -0.324 e. The zero-order valence-electron chi connectivity index (χ0n) is 12.8. The summed E-state index contributed by atoms with van der Waals surface area (Å²) in [7, 11) is 0. The third-order valence-corrected chi connectivity index (χ3v) is 4.72. The van der Waals surface area contributed by atoms with E-state index < -0.39 is 0 Å². The molecule has 3 rings (SSSR count). The average molecular weight is 281 g/mol. The van der Waals surface area contributed by atoms with Crippen molar-refractivity contribution in [2.45, 2.75) is 51.0 Å². The van der Waals surface area contributed by atoms with Gasteiger partial charge in [-0.3, -0.25) is 0 Å². The minimum atomic E-state index is -0.0182. The predicted octanol–water partition coefficient (Wildman–Crippen LogP) is 3.66. The van der Waals surface area contributed by atoms with Gasteiger partial charge in [-0.15, -0.1) is 0 Å². The number of aromatic nitrogens is 2. The van der Waals surface area contributed by atoms with Crippen molar-refractivity contribution in [3.05, 3.63) is 59.2 Å². The smallest absolute Gasteiger partial charge is 0.139 e. The molecule has 0 amide bonds. The molecule has 0 spiro atoms. The lowest BCUT2D eigenvalue weighted by Gasteiger charge is -2.28.